The largest absolute Gasteiger partial charge is 0.310 e. The van der Waals surface area contributed by atoms with E-state index in [0.29, 0.717) is 0 Å². The highest BCUT2D eigenvalue weighted by molar-refractivity contribution is 5.83. The molecule has 0 aromatic heterocycles. The van der Waals surface area contributed by atoms with Gasteiger partial charge in [0.15, 0.2) is 0 Å². The van der Waals surface area contributed by atoms with Crippen LogP contribution in [0.3, 0.4) is 0 Å². The van der Waals surface area contributed by atoms with Crippen LogP contribution in [0.1, 0.15) is 44.5 Å². The smallest absolute Gasteiger partial charge is 0.0519 e. The van der Waals surface area contributed by atoms with Crippen molar-refractivity contribution in [2.45, 2.75) is 27.7 Å². The van der Waals surface area contributed by atoms with Gasteiger partial charge in [0.05, 0.1) is 11.4 Å². The molecule has 0 radical (unpaired) electrons. The van der Waals surface area contributed by atoms with Crippen LogP contribution < -0.4 is 9.80 Å². The Balaban J connectivity index is 0.922. The summed E-state index contributed by atoms with van der Waals surface area (Å²) in [4.78, 5) is 4.71. The molecular weight excluding hydrogens is 701 g/mol. The predicted molar refractivity (Wildman–Crippen MR) is 251 cm³/mol. The lowest BCUT2D eigenvalue weighted by molar-refractivity contribution is 1.22. The van der Waals surface area contributed by atoms with E-state index in [9.17, 15) is 0 Å². The summed E-state index contributed by atoms with van der Waals surface area (Å²) in [7, 11) is 0. The molecule has 0 aliphatic heterocycles. The van der Waals surface area contributed by atoms with Crippen LogP contribution in [0, 0.1) is 27.7 Å². The molecule has 282 valence electrons. The summed E-state index contributed by atoms with van der Waals surface area (Å²) in [6.45, 7) is 8.73. The van der Waals surface area contributed by atoms with E-state index in [1.807, 2.05) is 0 Å². The molecule has 0 aliphatic rings. The Hall–Kier alpha value is -7.16. The number of aryl methyl sites for hydroxylation is 4. The Bertz CT molecular complexity index is 2420. The van der Waals surface area contributed by atoms with Crippen molar-refractivity contribution in [1.82, 2.24) is 0 Å². The monoisotopic (exact) mass is 748 g/mol. The summed E-state index contributed by atoms with van der Waals surface area (Å²) in [5, 5.41) is 0. The molecular formula is C56H48N2. The minimum Gasteiger partial charge on any atom is -0.310 e. The molecule has 58 heavy (non-hydrogen) atoms. The minimum absolute atomic E-state index is 1.14. The Morgan fingerprint density at radius 2 is 0.517 bits per heavy atom. The van der Waals surface area contributed by atoms with Gasteiger partial charge in [0.1, 0.15) is 0 Å². The highest BCUT2D eigenvalue weighted by Crippen LogP contribution is 2.40. The third kappa shape index (κ3) is 8.48. The number of nitrogens with zero attached hydrogens (tertiary/aromatic N) is 2. The molecule has 0 spiro atoms. The second-order valence-corrected chi connectivity index (χ2v) is 14.9. The van der Waals surface area contributed by atoms with Crippen molar-refractivity contribution >= 4 is 58.4 Å². The van der Waals surface area contributed by atoms with Crippen LogP contribution in [0.15, 0.2) is 194 Å². The molecule has 0 fully saturated rings. The lowest BCUT2D eigenvalue weighted by Crippen LogP contribution is -2.12. The zero-order valence-electron chi connectivity index (χ0n) is 33.7. The zero-order valence-corrected chi connectivity index (χ0v) is 33.7. The van der Waals surface area contributed by atoms with Crippen LogP contribution in [0.4, 0.5) is 34.1 Å². The maximum atomic E-state index is 2.35. The van der Waals surface area contributed by atoms with Gasteiger partial charge < -0.3 is 9.80 Å². The number of hydrogen-bond donors (Lipinski definition) is 0. The van der Waals surface area contributed by atoms with Crippen molar-refractivity contribution in [3.8, 4) is 11.1 Å². The molecule has 8 rings (SSSR count). The molecule has 0 bridgehead atoms. The first-order valence-electron chi connectivity index (χ1n) is 20.0. The second-order valence-electron chi connectivity index (χ2n) is 14.9. The summed E-state index contributed by atoms with van der Waals surface area (Å²) in [6.07, 6.45) is 8.73. The Labute approximate surface area is 344 Å². The number of hydrogen-bond acceptors (Lipinski definition) is 2. The molecule has 0 saturated heterocycles. The highest BCUT2D eigenvalue weighted by Gasteiger charge is 2.17. The van der Waals surface area contributed by atoms with Crippen molar-refractivity contribution < 1.29 is 0 Å². The maximum Gasteiger partial charge on any atom is 0.0519 e. The Morgan fingerprint density at radius 1 is 0.259 bits per heavy atom. The van der Waals surface area contributed by atoms with E-state index in [-0.39, 0.29) is 0 Å². The number of benzene rings is 8. The average molecular weight is 749 g/mol. The zero-order chi connectivity index (χ0) is 39.8. The first-order valence-corrected chi connectivity index (χ1v) is 20.0. The molecule has 0 saturated carbocycles. The van der Waals surface area contributed by atoms with E-state index in [1.165, 1.54) is 55.9 Å². The fourth-order valence-corrected chi connectivity index (χ4v) is 7.71. The number of para-hydroxylation sites is 4. The van der Waals surface area contributed by atoms with E-state index in [2.05, 4.69) is 256 Å². The highest BCUT2D eigenvalue weighted by atomic mass is 15.2. The fourth-order valence-electron chi connectivity index (χ4n) is 7.71. The summed E-state index contributed by atoms with van der Waals surface area (Å²) in [6, 6.07) is 69.4. The van der Waals surface area contributed by atoms with E-state index >= 15 is 0 Å². The van der Waals surface area contributed by atoms with Gasteiger partial charge in [-0.1, -0.05) is 170 Å². The topological polar surface area (TPSA) is 6.48 Å². The first kappa shape index (κ1) is 37.7. The van der Waals surface area contributed by atoms with E-state index in [4.69, 9.17) is 0 Å². The number of anilines is 6. The minimum atomic E-state index is 1.14. The molecule has 0 amide bonds. The van der Waals surface area contributed by atoms with Gasteiger partial charge in [0.2, 0.25) is 0 Å². The molecule has 0 N–H and O–H groups in total. The van der Waals surface area contributed by atoms with Crippen LogP contribution in [-0.2, 0) is 0 Å². The predicted octanol–water partition coefficient (Wildman–Crippen LogP) is 15.9. The third-order valence-corrected chi connectivity index (χ3v) is 10.7. The molecule has 0 atom stereocenters. The first-order chi connectivity index (χ1) is 28.4. The number of rotatable bonds is 11. The van der Waals surface area contributed by atoms with Crippen molar-refractivity contribution in [1.29, 1.82) is 0 Å². The summed E-state index contributed by atoms with van der Waals surface area (Å²) in [5.41, 5.74) is 19.1. The normalized spacial score (nSPS) is 11.3. The molecule has 8 aromatic rings. The van der Waals surface area contributed by atoms with Crippen molar-refractivity contribution in [2.75, 3.05) is 9.80 Å². The van der Waals surface area contributed by atoms with Crippen LogP contribution in [0.5, 0.6) is 0 Å². The fraction of sp³-hybridized carbons (Fsp3) is 0.0714. The summed E-state index contributed by atoms with van der Waals surface area (Å²) in [5.74, 6) is 0. The Kier molecular flexibility index (Phi) is 11.3. The van der Waals surface area contributed by atoms with Crippen LogP contribution in [-0.4, -0.2) is 0 Å². The van der Waals surface area contributed by atoms with Gasteiger partial charge >= 0.3 is 0 Å². The van der Waals surface area contributed by atoms with Gasteiger partial charge in [-0.2, -0.15) is 0 Å². The van der Waals surface area contributed by atoms with E-state index < -0.39 is 0 Å². The van der Waals surface area contributed by atoms with Crippen molar-refractivity contribution in [3.05, 3.63) is 239 Å². The second kappa shape index (κ2) is 17.3. The van der Waals surface area contributed by atoms with Gasteiger partial charge in [-0.15, -0.1) is 0 Å². The molecule has 0 unspecified atom stereocenters. The Morgan fingerprint density at radius 3 is 0.810 bits per heavy atom. The SMILES string of the molecule is Cc1cccc(C)c1N(c1ccccc1)c1ccc(/C=C/c2ccc(-c3ccc(/C=C/c4ccc(N(c5ccccc5)c5c(C)cccc5C)cc4)cc3)cc2)cc1. The third-order valence-electron chi connectivity index (χ3n) is 10.7. The van der Waals surface area contributed by atoms with Gasteiger partial charge in [0, 0.05) is 22.7 Å². The van der Waals surface area contributed by atoms with Gasteiger partial charge in [-0.05, 0) is 132 Å². The lowest BCUT2D eigenvalue weighted by atomic mass is 10.0. The summed E-state index contributed by atoms with van der Waals surface area (Å²) < 4.78 is 0. The van der Waals surface area contributed by atoms with Gasteiger partial charge in [-0.3, -0.25) is 0 Å². The average Bonchev–Trinajstić information content (AvgIpc) is 3.26. The molecule has 8 aromatic carbocycles. The van der Waals surface area contributed by atoms with Crippen molar-refractivity contribution in [3.63, 3.8) is 0 Å². The van der Waals surface area contributed by atoms with Crippen LogP contribution in [0.2, 0.25) is 0 Å². The molecule has 2 nitrogen and oxygen atoms in total. The van der Waals surface area contributed by atoms with Crippen LogP contribution >= 0.6 is 0 Å². The molecule has 0 aliphatic carbocycles. The maximum absolute atomic E-state index is 2.35. The molecule has 2 heteroatoms. The standard InChI is InChI=1S/C56H48N2/c1-41-13-11-14-42(2)55(41)57(51-17-7-5-8-18-51)53-37-29-47(30-38-53)23-21-45-25-33-49(34-26-45)50-35-27-46(28-36-50)22-24-48-31-39-54(40-32-48)58(52-19-9-6-10-20-52)56-43(3)15-12-16-44(56)4/h5-40H,1-4H3/b23-21+,24-22+. The lowest BCUT2D eigenvalue weighted by Gasteiger charge is -2.28. The molecule has 0 heterocycles. The van der Waals surface area contributed by atoms with Gasteiger partial charge in [0.25, 0.3) is 0 Å². The van der Waals surface area contributed by atoms with Crippen LogP contribution in [0.25, 0.3) is 35.4 Å². The summed E-state index contributed by atoms with van der Waals surface area (Å²) >= 11 is 0. The van der Waals surface area contributed by atoms with E-state index in [0.717, 1.165) is 33.9 Å². The van der Waals surface area contributed by atoms with Crippen molar-refractivity contribution in [2.24, 2.45) is 0 Å². The van der Waals surface area contributed by atoms with Gasteiger partial charge in [-0.25, -0.2) is 0 Å². The quantitative estimate of drug-likeness (QED) is 0.122. The van der Waals surface area contributed by atoms with E-state index in [1.54, 1.807) is 0 Å².